The Hall–Kier alpha value is -2.33. The molecule has 0 spiro atoms. The summed E-state index contributed by atoms with van der Waals surface area (Å²) in [4.78, 5) is 24.0. The van der Waals surface area contributed by atoms with Gasteiger partial charge in [-0.25, -0.2) is 4.79 Å². The smallest absolute Gasteiger partial charge is 0.408 e. The van der Waals surface area contributed by atoms with E-state index in [1.54, 1.807) is 29.7 Å². The van der Waals surface area contributed by atoms with Crippen molar-refractivity contribution in [1.29, 1.82) is 0 Å². The maximum absolute atomic E-state index is 12.0. The number of hydrogen-bond donors (Lipinski definition) is 0. The Balaban J connectivity index is 2.04. The number of carbonyl (C=O) groups excluding carboxylic acids is 1. The monoisotopic (exact) mass is 315 g/mol. The van der Waals surface area contributed by atoms with Crippen molar-refractivity contribution in [3.63, 3.8) is 0 Å². The molecule has 0 aliphatic carbocycles. The van der Waals surface area contributed by atoms with Gasteiger partial charge >= 0.3 is 5.76 Å². The average Bonchev–Trinajstić information content (AvgIpc) is 2.82. The molecule has 1 atom stereocenters. The predicted molar refractivity (Wildman–Crippen MR) is 85.7 cm³/mol. The van der Waals surface area contributed by atoms with E-state index < -0.39 is 11.1 Å². The molecule has 112 valence electrons. The van der Waals surface area contributed by atoms with E-state index in [1.807, 2.05) is 30.3 Å². The molecular weight excluding hydrogens is 302 g/mol. The highest BCUT2D eigenvalue weighted by molar-refractivity contribution is 6.33. The molecule has 5 heteroatoms. The summed E-state index contributed by atoms with van der Waals surface area (Å²) in [7, 11) is 0. The quantitative estimate of drug-likeness (QED) is 0.547. The second kappa shape index (κ2) is 5.81. The molecule has 0 amide bonds. The minimum Gasteiger partial charge on any atom is -0.408 e. The van der Waals surface area contributed by atoms with Crippen LogP contribution in [0.5, 0.6) is 0 Å². The summed E-state index contributed by atoms with van der Waals surface area (Å²) in [5, 5.41) is -0.615. The number of fused-ring (bicyclic) bond motifs is 1. The molecule has 0 saturated heterocycles. The highest BCUT2D eigenvalue weighted by Gasteiger charge is 2.16. The minimum atomic E-state index is -0.615. The first kappa shape index (κ1) is 14.6. The van der Waals surface area contributed by atoms with Gasteiger partial charge in [-0.1, -0.05) is 30.3 Å². The van der Waals surface area contributed by atoms with Crippen molar-refractivity contribution in [3.05, 3.63) is 70.2 Å². The Bertz CT molecular complexity index is 878. The third-order valence-corrected chi connectivity index (χ3v) is 3.70. The zero-order chi connectivity index (χ0) is 15.7. The van der Waals surface area contributed by atoms with Crippen LogP contribution in [0.2, 0.25) is 0 Å². The molecule has 0 aliphatic heterocycles. The van der Waals surface area contributed by atoms with Gasteiger partial charge in [-0.15, -0.1) is 11.6 Å². The van der Waals surface area contributed by atoms with Crippen molar-refractivity contribution in [2.45, 2.75) is 18.8 Å². The molecule has 0 bridgehead atoms. The van der Waals surface area contributed by atoms with Gasteiger partial charge in [0.1, 0.15) is 0 Å². The molecule has 4 nitrogen and oxygen atoms in total. The van der Waals surface area contributed by atoms with Crippen LogP contribution in [0.3, 0.4) is 0 Å². The van der Waals surface area contributed by atoms with Gasteiger partial charge in [0.25, 0.3) is 0 Å². The molecule has 3 aromatic rings. The lowest BCUT2D eigenvalue weighted by Gasteiger charge is -2.04. The van der Waals surface area contributed by atoms with Gasteiger partial charge in [0.15, 0.2) is 11.4 Å². The number of rotatable bonds is 4. The first-order chi connectivity index (χ1) is 10.6. The molecule has 1 aromatic heterocycles. The van der Waals surface area contributed by atoms with Crippen LogP contribution >= 0.6 is 11.6 Å². The van der Waals surface area contributed by atoms with Crippen molar-refractivity contribution in [2.24, 2.45) is 0 Å². The number of halogens is 1. The van der Waals surface area contributed by atoms with E-state index >= 15 is 0 Å². The Labute approximate surface area is 131 Å². The van der Waals surface area contributed by atoms with E-state index in [9.17, 15) is 9.59 Å². The van der Waals surface area contributed by atoms with Crippen LogP contribution in [0.25, 0.3) is 11.1 Å². The summed E-state index contributed by atoms with van der Waals surface area (Å²) >= 11 is 5.81. The Morgan fingerprint density at radius 2 is 1.95 bits per heavy atom. The number of hydrogen-bond acceptors (Lipinski definition) is 3. The number of Topliss-reactive ketones (excluding diaryl/α,β-unsaturated/α-hetero) is 1. The Kier molecular flexibility index (Phi) is 3.86. The molecule has 0 aliphatic rings. The van der Waals surface area contributed by atoms with E-state index in [1.165, 1.54) is 0 Å². The van der Waals surface area contributed by atoms with Crippen molar-refractivity contribution in [2.75, 3.05) is 0 Å². The third-order valence-electron chi connectivity index (χ3n) is 3.50. The highest BCUT2D eigenvalue weighted by atomic mass is 35.5. The minimum absolute atomic E-state index is 0.193. The number of carbonyl (C=O) groups is 1. The number of benzene rings is 2. The zero-order valence-corrected chi connectivity index (χ0v) is 12.7. The topological polar surface area (TPSA) is 52.2 Å². The van der Waals surface area contributed by atoms with Gasteiger partial charge in [0, 0.05) is 5.56 Å². The van der Waals surface area contributed by atoms with Gasteiger partial charge < -0.3 is 4.42 Å². The van der Waals surface area contributed by atoms with Crippen LogP contribution in [0.4, 0.5) is 0 Å². The van der Waals surface area contributed by atoms with E-state index in [2.05, 4.69) is 0 Å². The largest absolute Gasteiger partial charge is 0.420 e. The zero-order valence-electron chi connectivity index (χ0n) is 12.0. The van der Waals surface area contributed by atoms with Crippen LogP contribution in [0.15, 0.2) is 57.7 Å². The number of alkyl halides is 1. The second-order valence-corrected chi connectivity index (χ2v) is 5.76. The summed E-state index contributed by atoms with van der Waals surface area (Å²) < 4.78 is 6.80. The van der Waals surface area contributed by atoms with Crippen molar-refractivity contribution in [1.82, 2.24) is 4.57 Å². The number of nitrogens with zero attached hydrogens (tertiary/aromatic N) is 1. The van der Waals surface area contributed by atoms with Crippen molar-refractivity contribution in [3.8, 4) is 0 Å². The first-order valence-electron chi connectivity index (χ1n) is 6.92. The van der Waals surface area contributed by atoms with Crippen molar-refractivity contribution >= 4 is 28.5 Å². The molecular formula is C17H14ClNO3. The molecule has 0 fully saturated rings. The van der Waals surface area contributed by atoms with E-state index in [0.717, 1.165) is 5.56 Å². The van der Waals surface area contributed by atoms with Crippen molar-refractivity contribution < 1.29 is 9.21 Å². The normalized spacial score (nSPS) is 12.5. The third kappa shape index (κ3) is 2.70. The number of ketones is 1. The van der Waals surface area contributed by atoms with Gasteiger partial charge in [-0.05, 0) is 30.7 Å². The summed E-state index contributed by atoms with van der Waals surface area (Å²) in [5.74, 6) is -0.635. The van der Waals surface area contributed by atoms with E-state index in [0.29, 0.717) is 23.2 Å². The molecule has 0 saturated carbocycles. The number of aromatic nitrogens is 1. The van der Waals surface area contributed by atoms with Crippen LogP contribution in [-0.2, 0) is 6.54 Å². The molecule has 1 unspecified atom stereocenters. The fourth-order valence-corrected chi connectivity index (χ4v) is 2.49. The Morgan fingerprint density at radius 3 is 2.64 bits per heavy atom. The van der Waals surface area contributed by atoms with E-state index in [4.69, 9.17) is 16.0 Å². The average molecular weight is 316 g/mol. The number of oxazole rings is 1. The van der Waals surface area contributed by atoms with Gasteiger partial charge in [0.2, 0.25) is 0 Å². The molecule has 3 rings (SSSR count). The molecule has 0 N–H and O–H groups in total. The standard InChI is InChI=1S/C17H14ClNO3/c1-11(18)16(20)13-7-8-14-15(9-13)22-17(21)19(14)10-12-5-3-2-4-6-12/h2-9,11H,10H2,1H3. The SMILES string of the molecule is CC(Cl)C(=O)c1ccc2c(c1)oc(=O)n2Cc1ccccc1. The lowest BCUT2D eigenvalue weighted by atomic mass is 10.1. The van der Waals surface area contributed by atoms with Gasteiger partial charge in [0.05, 0.1) is 17.4 Å². The lowest BCUT2D eigenvalue weighted by Crippen LogP contribution is -2.14. The summed E-state index contributed by atoms with van der Waals surface area (Å²) in [6.07, 6.45) is 0. The van der Waals surface area contributed by atoms with E-state index in [-0.39, 0.29) is 5.78 Å². The maximum atomic E-state index is 12.0. The summed E-state index contributed by atoms with van der Waals surface area (Å²) in [6.45, 7) is 2.04. The summed E-state index contributed by atoms with van der Waals surface area (Å²) in [5.41, 5.74) is 2.49. The molecule has 2 aromatic carbocycles. The molecule has 0 radical (unpaired) electrons. The molecule has 1 heterocycles. The van der Waals surface area contributed by atoms with Crippen LogP contribution in [-0.4, -0.2) is 15.7 Å². The lowest BCUT2D eigenvalue weighted by molar-refractivity contribution is 0.0992. The fourth-order valence-electron chi connectivity index (χ4n) is 2.37. The van der Waals surface area contributed by atoms with Gasteiger partial charge in [-0.2, -0.15) is 0 Å². The van der Waals surface area contributed by atoms with Crippen LogP contribution in [0, 0.1) is 0 Å². The highest BCUT2D eigenvalue weighted by Crippen LogP contribution is 2.18. The summed E-state index contributed by atoms with van der Waals surface area (Å²) in [6, 6.07) is 14.6. The van der Waals surface area contributed by atoms with Crippen LogP contribution < -0.4 is 5.76 Å². The fraction of sp³-hybridized carbons (Fsp3) is 0.176. The predicted octanol–water partition coefficient (Wildman–Crippen LogP) is 3.45. The Morgan fingerprint density at radius 1 is 1.23 bits per heavy atom. The van der Waals surface area contributed by atoms with Crippen LogP contribution in [0.1, 0.15) is 22.8 Å². The molecule has 22 heavy (non-hydrogen) atoms. The van der Waals surface area contributed by atoms with Gasteiger partial charge in [-0.3, -0.25) is 9.36 Å². The first-order valence-corrected chi connectivity index (χ1v) is 7.35. The maximum Gasteiger partial charge on any atom is 0.420 e. The second-order valence-electron chi connectivity index (χ2n) is 5.10.